The maximum Gasteiger partial charge on any atom is 0.157 e. The highest BCUT2D eigenvalue weighted by Gasteiger charge is 2.29. The molecule has 1 aliphatic rings. The quantitative estimate of drug-likeness (QED) is 0.485. The summed E-state index contributed by atoms with van der Waals surface area (Å²) in [6, 6.07) is 17.2. The predicted molar refractivity (Wildman–Crippen MR) is 109 cm³/mol. The number of benzene rings is 2. The summed E-state index contributed by atoms with van der Waals surface area (Å²) in [7, 11) is 0. The number of anilines is 2. The fourth-order valence-electron chi connectivity index (χ4n) is 4.22. The normalized spacial score (nSPS) is 13.3. The molecule has 1 aliphatic heterocycles. The zero-order valence-corrected chi connectivity index (χ0v) is 15.7. The predicted octanol–water partition coefficient (Wildman–Crippen LogP) is 4.98. The largest absolute Gasteiger partial charge is 0.327 e. The van der Waals surface area contributed by atoms with Crippen LogP contribution < -0.4 is 4.90 Å². The van der Waals surface area contributed by atoms with Crippen molar-refractivity contribution in [1.82, 2.24) is 9.38 Å². The van der Waals surface area contributed by atoms with Crippen molar-refractivity contribution in [3.05, 3.63) is 70.3 Å². The molecule has 3 heterocycles. The molecule has 2 aromatic carbocycles. The van der Waals surface area contributed by atoms with Crippen molar-refractivity contribution in [2.24, 2.45) is 0 Å². The van der Waals surface area contributed by atoms with Gasteiger partial charge in [-0.1, -0.05) is 18.2 Å². The van der Waals surface area contributed by atoms with E-state index in [-0.39, 0.29) is 0 Å². The lowest BCUT2D eigenvalue weighted by Crippen LogP contribution is -2.16. The average molecular weight is 352 g/mol. The fourth-order valence-corrected chi connectivity index (χ4v) is 4.22. The molecule has 0 N–H and O–H groups in total. The second-order valence-electron chi connectivity index (χ2n) is 7.34. The van der Waals surface area contributed by atoms with Crippen molar-refractivity contribution in [3.8, 4) is 6.07 Å². The van der Waals surface area contributed by atoms with Crippen molar-refractivity contribution in [2.75, 3.05) is 11.4 Å². The topological polar surface area (TPSA) is 44.3 Å². The standard InChI is InChI=1S/C23H20N4/c1-14-8-9-17(12-15(14)2)26-11-10-18-16(3)19(13-24)22-25-20-6-4-5-7-21(20)27(22)23(18)26/h4-9,12H,10-11H2,1-3H3. The molecule has 4 nitrogen and oxygen atoms in total. The molecule has 4 heteroatoms. The Labute approximate surface area is 158 Å². The van der Waals surface area contributed by atoms with Crippen molar-refractivity contribution in [3.63, 3.8) is 0 Å². The van der Waals surface area contributed by atoms with Crippen molar-refractivity contribution < 1.29 is 0 Å². The van der Waals surface area contributed by atoms with Crippen LogP contribution in [0.15, 0.2) is 42.5 Å². The van der Waals surface area contributed by atoms with E-state index in [1.807, 2.05) is 18.2 Å². The molecule has 0 fully saturated rings. The lowest BCUT2D eigenvalue weighted by atomic mass is 10.0. The number of rotatable bonds is 1. The van der Waals surface area contributed by atoms with E-state index in [1.54, 1.807) is 0 Å². The highest BCUT2D eigenvalue weighted by Crippen LogP contribution is 2.40. The van der Waals surface area contributed by atoms with Crippen LogP contribution in [0.4, 0.5) is 11.5 Å². The summed E-state index contributed by atoms with van der Waals surface area (Å²) < 4.78 is 2.18. The van der Waals surface area contributed by atoms with E-state index in [4.69, 9.17) is 4.98 Å². The van der Waals surface area contributed by atoms with Crippen LogP contribution in [0.25, 0.3) is 16.7 Å². The number of hydrogen-bond donors (Lipinski definition) is 0. The highest BCUT2D eigenvalue weighted by molar-refractivity contribution is 5.88. The zero-order valence-electron chi connectivity index (χ0n) is 15.7. The minimum Gasteiger partial charge on any atom is -0.327 e. The van der Waals surface area contributed by atoms with E-state index in [1.165, 1.54) is 22.4 Å². The summed E-state index contributed by atoms with van der Waals surface area (Å²) in [6.07, 6.45) is 0.936. The summed E-state index contributed by atoms with van der Waals surface area (Å²) >= 11 is 0. The Morgan fingerprint density at radius 2 is 1.85 bits per heavy atom. The maximum absolute atomic E-state index is 9.81. The second-order valence-corrected chi connectivity index (χ2v) is 7.34. The van der Waals surface area contributed by atoms with E-state index in [2.05, 4.69) is 60.4 Å². The van der Waals surface area contributed by atoms with Gasteiger partial charge in [0.15, 0.2) is 5.65 Å². The van der Waals surface area contributed by atoms with Gasteiger partial charge in [0.1, 0.15) is 11.9 Å². The molecular weight excluding hydrogens is 332 g/mol. The number of aromatic nitrogens is 2. The van der Waals surface area contributed by atoms with E-state index in [9.17, 15) is 5.26 Å². The molecule has 0 radical (unpaired) electrons. The number of pyridine rings is 1. The third kappa shape index (κ3) is 2.12. The maximum atomic E-state index is 9.81. The Morgan fingerprint density at radius 3 is 2.63 bits per heavy atom. The summed E-state index contributed by atoms with van der Waals surface area (Å²) in [5.74, 6) is 1.15. The van der Waals surface area contributed by atoms with Gasteiger partial charge >= 0.3 is 0 Å². The molecule has 0 saturated carbocycles. The molecule has 132 valence electrons. The Morgan fingerprint density at radius 1 is 1.04 bits per heavy atom. The van der Waals surface area contributed by atoms with Gasteiger partial charge in [0, 0.05) is 12.2 Å². The number of nitrogens with zero attached hydrogens (tertiary/aromatic N) is 4. The summed E-state index contributed by atoms with van der Waals surface area (Å²) in [5, 5.41) is 9.81. The van der Waals surface area contributed by atoms with E-state index in [0.717, 1.165) is 41.0 Å². The average Bonchev–Trinajstić information content (AvgIpc) is 3.26. The van der Waals surface area contributed by atoms with Crippen molar-refractivity contribution in [1.29, 1.82) is 5.26 Å². The van der Waals surface area contributed by atoms with Gasteiger partial charge in [-0.15, -0.1) is 0 Å². The summed E-state index contributed by atoms with van der Waals surface area (Å²) in [4.78, 5) is 7.17. The van der Waals surface area contributed by atoms with Gasteiger partial charge in [0.05, 0.1) is 16.6 Å². The SMILES string of the molecule is Cc1ccc(N2CCc3c(C)c(C#N)c4nc5ccccc5n4c32)cc1C. The van der Waals surface area contributed by atoms with Gasteiger partial charge in [-0.2, -0.15) is 5.26 Å². The zero-order chi connectivity index (χ0) is 18.7. The Kier molecular flexibility index (Phi) is 3.29. The monoisotopic (exact) mass is 352 g/mol. The van der Waals surface area contributed by atoms with E-state index < -0.39 is 0 Å². The van der Waals surface area contributed by atoms with Crippen LogP contribution in [0.2, 0.25) is 0 Å². The smallest absolute Gasteiger partial charge is 0.157 e. The molecule has 0 unspecified atom stereocenters. The molecule has 0 aliphatic carbocycles. The third-order valence-corrected chi connectivity index (χ3v) is 5.85. The lowest BCUT2D eigenvalue weighted by molar-refractivity contribution is 0.981. The highest BCUT2D eigenvalue weighted by atomic mass is 15.3. The number of hydrogen-bond acceptors (Lipinski definition) is 3. The lowest BCUT2D eigenvalue weighted by Gasteiger charge is -2.23. The van der Waals surface area contributed by atoms with Crippen LogP contribution in [0.5, 0.6) is 0 Å². The molecule has 2 aromatic heterocycles. The Hall–Kier alpha value is -3.32. The number of aryl methyl sites for hydroxylation is 2. The summed E-state index contributed by atoms with van der Waals surface area (Å²) in [5.41, 5.74) is 9.51. The second kappa shape index (κ2) is 5.59. The Balaban J connectivity index is 1.90. The number of fused-ring (bicyclic) bond motifs is 5. The number of imidazole rings is 1. The first kappa shape index (κ1) is 15.9. The van der Waals surface area contributed by atoms with Crippen LogP contribution in [-0.2, 0) is 6.42 Å². The number of para-hydroxylation sites is 2. The first-order chi connectivity index (χ1) is 13.1. The van der Waals surface area contributed by atoms with Crippen LogP contribution in [-0.4, -0.2) is 15.9 Å². The van der Waals surface area contributed by atoms with Crippen LogP contribution in [0.3, 0.4) is 0 Å². The van der Waals surface area contributed by atoms with Gasteiger partial charge in [-0.25, -0.2) is 4.98 Å². The van der Waals surface area contributed by atoms with Gasteiger partial charge in [-0.05, 0) is 73.7 Å². The molecule has 4 aromatic rings. The Bertz CT molecular complexity index is 1270. The molecular formula is C23H20N4. The number of nitriles is 1. The van der Waals surface area contributed by atoms with Crippen molar-refractivity contribution in [2.45, 2.75) is 27.2 Å². The van der Waals surface area contributed by atoms with Gasteiger partial charge < -0.3 is 4.90 Å². The molecule has 0 atom stereocenters. The molecule has 0 amide bonds. The van der Waals surface area contributed by atoms with Crippen LogP contribution in [0, 0.1) is 32.1 Å². The van der Waals surface area contributed by atoms with E-state index in [0.29, 0.717) is 5.56 Å². The minimum atomic E-state index is 0.687. The summed E-state index contributed by atoms with van der Waals surface area (Å²) in [6.45, 7) is 7.26. The van der Waals surface area contributed by atoms with Crippen LogP contribution in [0.1, 0.15) is 27.8 Å². The van der Waals surface area contributed by atoms with Gasteiger partial charge in [0.2, 0.25) is 0 Å². The molecule has 0 bridgehead atoms. The van der Waals surface area contributed by atoms with E-state index >= 15 is 0 Å². The van der Waals surface area contributed by atoms with Crippen molar-refractivity contribution >= 4 is 28.2 Å². The fraction of sp³-hybridized carbons (Fsp3) is 0.217. The molecule has 27 heavy (non-hydrogen) atoms. The molecule has 0 saturated heterocycles. The van der Waals surface area contributed by atoms with Gasteiger partial charge in [0.25, 0.3) is 0 Å². The first-order valence-electron chi connectivity index (χ1n) is 9.27. The molecule has 5 rings (SSSR count). The first-order valence-corrected chi connectivity index (χ1v) is 9.27. The van der Waals surface area contributed by atoms with Crippen LogP contribution >= 0.6 is 0 Å². The third-order valence-electron chi connectivity index (χ3n) is 5.85. The van der Waals surface area contributed by atoms with Gasteiger partial charge in [-0.3, -0.25) is 4.40 Å². The minimum absolute atomic E-state index is 0.687. The molecule has 0 spiro atoms.